The van der Waals surface area contributed by atoms with Crippen LogP contribution in [0.25, 0.3) is 0 Å². The Kier molecular flexibility index (Phi) is 8.07. The number of hydrogen-bond donors (Lipinski definition) is 1. The predicted octanol–water partition coefficient (Wildman–Crippen LogP) is 6.84. The minimum Gasteiger partial charge on any atom is -0.489 e. The fourth-order valence-corrected chi connectivity index (χ4v) is 6.86. The van der Waals surface area contributed by atoms with E-state index >= 15 is 0 Å². The summed E-state index contributed by atoms with van der Waals surface area (Å²) < 4.78 is 11.9. The van der Waals surface area contributed by atoms with Gasteiger partial charge in [0.25, 0.3) is 0 Å². The molecule has 4 nitrogen and oxygen atoms in total. The van der Waals surface area contributed by atoms with Crippen LogP contribution in [-0.2, 0) is 36.0 Å². The Labute approximate surface area is 243 Å². The van der Waals surface area contributed by atoms with Gasteiger partial charge in [-0.15, -0.1) is 0 Å². The Balaban J connectivity index is 1.19. The fourth-order valence-electron chi connectivity index (χ4n) is 6.86. The van der Waals surface area contributed by atoms with Gasteiger partial charge in [0.1, 0.15) is 25.1 Å². The summed E-state index contributed by atoms with van der Waals surface area (Å²) in [7, 11) is 0. The second kappa shape index (κ2) is 12.2. The van der Waals surface area contributed by atoms with E-state index in [1.54, 1.807) is 6.20 Å². The van der Waals surface area contributed by atoms with Crippen LogP contribution in [0.2, 0.25) is 0 Å². The largest absolute Gasteiger partial charge is 0.489 e. The van der Waals surface area contributed by atoms with Crippen LogP contribution >= 0.6 is 0 Å². The molecule has 2 aliphatic rings. The molecule has 41 heavy (non-hydrogen) atoms. The standard InChI is InChI=1S/C37H37NO3/c39-36(28-40-22-8-14-29-9-3-1-4-10-29)19-20-37(24-30-11-5-2-6-12-30)33(25-36)16-15-32-23-34(17-18-35(32)37)41-27-31-13-7-21-38-26-31/h1-7,9-13,17-18,21,23,26,33,39H,14-16,19-20,24-25,27-28H2/t33-,36-,37+/m1/s1. The van der Waals surface area contributed by atoms with E-state index < -0.39 is 5.60 Å². The third kappa shape index (κ3) is 6.32. The summed E-state index contributed by atoms with van der Waals surface area (Å²) in [6.45, 7) is 0.756. The maximum atomic E-state index is 11.7. The molecule has 4 aromatic rings. The Morgan fingerprint density at radius 2 is 1.66 bits per heavy atom. The Morgan fingerprint density at radius 1 is 0.878 bits per heavy atom. The van der Waals surface area contributed by atoms with E-state index in [1.165, 1.54) is 16.7 Å². The zero-order valence-corrected chi connectivity index (χ0v) is 23.5. The van der Waals surface area contributed by atoms with Crippen molar-refractivity contribution in [2.45, 2.75) is 62.6 Å². The highest BCUT2D eigenvalue weighted by molar-refractivity contribution is 5.45. The van der Waals surface area contributed by atoms with Gasteiger partial charge in [0.15, 0.2) is 0 Å². The molecular weight excluding hydrogens is 506 g/mol. The molecule has 6 rings (SSSR count). The Morgan fingerprint density at radius 3 is 2.44 bits per heavy atom. The molecule has 1 N–H and O–H groups in total. The maximum absolute atomic E-state index is 11.7. The van der Waals surface area contributed by atoms with Crippen LogP contribution in [0, 0.1) is 17.9 Å². The lowest BCUT2D eigenvalue weighted by atomic mass is 9.52. The molecule has 1 saturated carbocycles. The van der Waals surface area contributed by atoms with E-state index in [0.29, 0.717) is 25.4 Å². The van der Waals surface area contributed by atoms with Crippen LogP contribution in [0.1, 0.15) is 53.5 Å². The van der Waals surface area contributed by atoms with Gasteiger partial charge in [0, 0.05) is 29.8 Å². The van der Waals surface area contributed by atoms with Crippen molar-refractivity contribution >= 4 is 0 Å². The molecule has 0 aliphatic heterocycles. The van der Waals surface area contributed by atoms with Crippen molar-refractivity contribution in [3.63, 3.8) is 0 Å². The van der Waals surface area contributed by atoms with E-state index in [1.807, 2.05) is 36.5 Å². The van der Waals surface area contributed by atoms with E-state index in [4.69, 9.17) is 9.47 Å². The van der Waals surface area contributed by atoms with Crippen LogP contribution in [0.3, 0.4) is 0 Å². The summed E-state index contributed by atoms with van der Waals surface area (Å²) in [4.78, 5) is 4.20. The topological polar surface area (TPSA) is 51.6 Å². The van der Waals surface area contributed by atoms with Crippen molar-refractivity contribution in [2.24, 2.45) is 5.92 Å². The highest BCUT2D eigenvalue weighted by atomic mass is 16.5. The van der Waals surface area contributed by atoms with Gasteiger partial charge in [-0.3, -0.25) is 4.98 Å². The number of fused-ring (bicyclic) bond motifs is 3. The fraction of sp³-hybridized carbons (Fsp3) is 0.324. The average molecular weight is 544 g/mol. The summed E-state index contributed by atoms with van der Waals surface area (Å²) in [6, 6.07) is 31.6. The van der Waals surface area contributed by atoms with Crippen molar-refractivity contribution < 1.29 is 14.6 Å². The molecule has 0 saturated heterocycles. The molecule has 0 radical (unpaired) electrons. The summed E-state index contributed by atoms with van der Waals surface area (Å²) in [6.07, 6.45) is 12.4. The van der Waals surface area contributed by atoms with Crippen molar-refractivity contribution in [1.82, 2.24) is 4.98 Å². The van der Waals surface area contributed by atoms with Crippen molar-refractivity contribution in [2.75, 3.05) is 6.61 Å². The van der Waals surface area contributed by atoms with Gasteiger partial charge in [0.05, 0.1) is 5.60 Å². The number of benzene rings is 3. The summed E-state index contributed by atoms with van der Waals surface area (Å²) in [5.74, 6) is 4.35. The molecule has 0 spiro atoms. The first-order valence-corrected chi connectivity index (χ1v) is 14.7. The van der Waals surface area contributed by atoms with Gasteiger partial charge in [-0.25, -0.2) is 0 Å². The zero-order chi connectivity index (χ0) is 28.0. The smallest absolute Gasteiger partial charge is 0.129 e. The first-order chi connectivity index (χ1) is 20.1. The normalized spacial score (nSPS) is 22.9. The molecule has 0 bridgehead atoms. The lowest BCUT2D eigenvalue weighted by molar-refractivity contribution is -0.0822. The first kappa shape index (κ1) is 27.1. The summed E-state index contributed by atoms with van der Waals surface area (Å²) >= 11 is 0. The quantitative estimate of drug-likeness (QED) is 0.247. The predicted molar refractivity (Wildman–Crippen MR) is 161 cm³/mol. The molecule has 3 atom stereocenters. The lowest BCUT2D eigenvalue weighted by Crippen LogP contribution is -2.52. The monoisotopic (exact) mass is 543 g/mol. The third-order valence-corrected chi connectivity index (χ3v) is 8.93. The van der Waals surface area contributed by atoms with Gasteiger partial charge in [-0.1, -0.05) is 78.7 Å². The zero-order valence-electron chi connectivity index (χ0n) is 23.5. The molecule has 0 amide bonds. The van der Waals surface area contributed by atoms with Gasteiger partial charge < -0.3 is 14.6 Å². The summed E-state index contributed by atoms with van der Waals surface area (Å²) in [5, 5.41) is 11.7. The second-order valence-corrected chi connectivity index (χ2v) is 11.7. The van der Waals surface area contributed by atoms with Gasteiger partial charge in [0.2, 0.25) is 0 Å². The third-order valence-electron chi connectivity index (χ3n) is 8.93. The molecule has 2 aliphatic carbocycles. The highest BCUT2D eigenvalue weighted by Gasteiger charge is 2.51. The van der Waals surface area contributed by atoms with Gasteiger partial charge >= 0.3 is 0 Å². The van der Waals surface area contributed by atoms with E-state index in [2.05, 4.69) is 77.7 Å². The van der Waals surface area contributed by atoms with E-state index in [0.717, 1.165) is 49.0 Å². The minimum absolute atomic E-state index is 0.0258. The molecular formula is C37H37NO3. The van der Waals surface area contributed by atoms with Crippen molar-refractivity contribution in [1.29, 1.82) is 0 Å². The highest BCUT2D eigenvalue weighted by Crippen LogP contribution is 2.54. The van der Waals surface area contributed by atoms with Crippen LogP contribution in [0.15, 0.2) is 103 Å². The average Bonchev–Trinajstić information content (AvgIpc) is 3.02. The number of nitrogens with zero attached hydrogens (tertiary/aromatic N) is 1. The van der Waals surface area contributed by atoms with Crippen LogP contribution < -0.4 is 4.74 Å². The molecule has 1 aromatic heterocycles. The van der Waals surface area contributed by atoms with E-state index in [-0.39, 0.29) is 12.0 Å². The number of aliphatic hydroxyl groups is 1. The van der Waals surface area contributed by atoms with Gasteiger partial charge in [-0.05, 0) is 84.9 Å². The van der Waals surface area contributed by atoms with Crippen molar-refractivity contribution in [3.8, 4) is 17.8 Å². The minimum atomic E-state index is -0.865. The van der Waals surface area contributed by atoms with E-state index in [9.17, 15) is 5.11 Å². The molecule has 208 valence electrons. The Bertz CT molecular complexity index is 1500. The number of aryl methyl sites for hydroxylation is 1. The number of pyridine rings is 1. The van der Waals surface area contributed by atoms with Gasteiger partial charge in [-0.2, -0.15) is 0 Å². The molecule has 3 aromatic carbocycles. The number of aromatic nitrogens is 1. The molecule has 4 heteroatoms. The Hall–Kier alpha value is -4.07. The number of ether oxygens (including phenoxy) is 2. The number of rotatable bonds is 8. The molecule has 0 unspecified atom stereocenters. The van der Waals surface area contributed by atoms with Crippen molar-refractivity contribution in [3.05, 3.63) is 131 Å². The van der Waals surface area contributed by atoms with Crippen LogP contribution in [-0.4, -0.2) is 22.3 Å². The maximum Gasteiger partial charge on any atom is 0.129 e. The lowest BCUT2D eigenvalue weighted by Gasteiger charge is -2.53. The van der Waals surface area contributed by atoms with Crippen LogP contribution in [0.4, 0.5) is 0 Å². The number of hydrogen-bond acceptors (Lipinski definition) is 4. The molecule has 1 heterocycles. The first-order valence-electron chi connectivity index (χ1n) is 14.7. The van der Waals surface area contributed by atoms with Crippen LogP contribution in [0.5, 0.6) is 5.75 Å². The SMILES string of the molecule is O[C@]1(COC#CCc2ccccc2)CC[C@@]2(Cc3ccccc3)c3ccc(OCc4cccnc4)cc3CC[C@@H]2C1. The second-order valence-electron chi connectivity index (χ2n) is 11.7. The summed E-state index contributed by atoms with van der Waals surface area (Å²) in [5.41, 5.74) is 5.46. The molecule has 1 fully saturated rings.